The molecule has 0 aromatic carbocycles. The smallest absolute Gasteiger partial charge is 0.193 e. The minimum atomic E-state index is -1.67. The Kier molecular flexibility index (Phi) is 8.80. The van der Waals surface area contributed by atoms with E-state index in [4.69, 9.17) is 8.84 Å². The van der Waals surface area contributed by atoms with E-state index >= 15 is 0 Å². The van der Waals surface area contributed by atoms with E-state index < -0.39 is 8.32 Å². The first-order chi connectivity index (χ1) is 10.6. The van der Waals surface area contributed by atoms with Crippen molar-refractivity contribution in [1.29, 1.82) is 0 Å². The zero-order valence-corrected chi connectivity index (χ0v) is 16.0. The molecule has 1 unspecified atom stereocenters. The first-order valence-electron chi connectivity index (χ1n) is 9.01. The van der Waals surface area contributed by atoms with Crippen LogP contribution >= 0.6 is 0 Å². The molecule has 3 heteroatoms. The molecule has 0 saturated heterocycles. The Morgan fingerprint density at radius 2 is 1.82 bits per heavy atom. The molecule has 22 heavy (non-hydrogen) atoms. The highest BCUT2D eigenvalue weighted by Crippen LogP contribution is 2.35. The lowest BCUT2D eigenvalue weighted by atomic mass is 10.0. The predicted octanol–water partition coefficient (Wildman–Crippen LogP) is 6.87. The van der Waals surface area contributed by atoms with Gasteiger partial charge in [-0.1, -0.05) is 53.5 Å². The van der Waals surface area contributed by atoms with Crippen molar-refractivity contribution in [3.8, 4) is 0 Å². The Labute approximate surface area is 138 Å². The van der Waals surface area contributed by atoms with Gasteiger partial charge >= 0.3 is 0 Å². The summed E-state index contributed by atoms with van der Waals surface area (Å²) in [6.45, 7) is 13.4. The van der Waals surface area contributed by atoms with Crippen LogP contribution in [0.4, 0.5) is 0 Å². The summed E-state index contributed by atoms with van der Waals surface area (Å²) in [5.74, 6) is 0.924. The molecular weight excluding hydrogens is 288 g/mol. The van der Waals surface area contributed by atoms with E-state index in [1.165, 1.54) is 31.3 Å². The molecule has 0 aliphatic rings. The van der Waals surface area contributed by atoms with Crippen molar-refractivity contribution >= 4 is 8.32 Å². The summed E-state index contributed by atoms with van der Waals surface area (Å²) in [5.41, 5.74) is 1.18. The molecule has 126 valence electrons. The standard InChI is InChI=1S/C19H34O2Si/c1-6-10-11-12-14-17(5)19(18-15-13-16-20-18)21-22(7-2,8-3)9-4/h13,15-16,19H,5-12,14H2,1-4H3. The molecular formula is C19H34O2Si. The lowest BCUT2D eigenvalue weighted by molar-refractivity contribution is 0.191. The second kappa shape index (κ2) is 10.1. The van der Waals surface area contributed by atoms with Crippen molar-refractivity contribution in [1.82, 2.24) is 0 Å². The van der Waals surface area contributed by atoms with Gasteiger partial charge in [0.05, 0.1) is 6.26 Å². The van der Waals surface area contributed by atoms with E-state index in [2.05, 4.69) is 34.3 Å². The normalized spacial score (nSPS) is 13.3. The van der Waals surface area contributed by atoms with Gasteiger partial charge in [-0.25, -0.2) is 0 Å². The molecule has 0 spiro atoms. The van der Waals surface area contributed by atoms with Gasteiger partial charge < -0.3 is 8.84 Å². The largest absolute Gasteiger partial charge is 0.466 e. The summed E-state index contributed by atoms with van der Waals surface area (Å²) in [6.07, 6.45) is 7.77. The summed E-state index contributed by atoms with van der Waals surface area (Å²) in [6, 6.07) is 7.44. The Hall–Kier alpha value is -0.803. The summed E-state index contributed by atoms with van der Waals surface area (Å²) in [4.78, 5) is 0. The van der Waals surface area contributed by atoms with E-state index in [9.17, 15) is 0 Å². The molecule has 0 saturated carbocycles. The van der Waals surface area contributed by atoms with Crippen molar-refractivity contribution in [3.05, 3.63) is 36.3 Å². The molecule has 0 N–H and O–H groups in total. The minimum Gasteiger partial charge on any atom is -0.466 e. The van der Waals surface area contributed by atoms with Crippen LogP contribution in [0.15, 0.2) is 35.0 Å². The molecule has 0 bridgehead atoms. The lowest BCUT2D eigenvalue weighted by Crippen LogP contribution is -2.37. The third-order valence-electron chi connectivity index (χ3n) is 4.82. The molecule has 1 atom stereocenters. The number of hydrogen-bond acceptors (Lipinski definition) is 2. The fourth-order valence-electron chi connectivity index (χ4n) is 2.94. The monoisotopic (exact) mass is 322 g/mol. The van der Waals surface area contributed by atoms with Gasteiger partial charge in [0.25, 0.3) is 0 Å². The van der Waals surface area contributed by atoms with Crippen LogP contribution in [0.25, 0.3) is 0 Å². The van der Waals surface area contributed by atoms with Crippen molar-refractivity contribution < 1.29 is 8.84 Å². The maximum atomic E-state index is 6.69. The van der Waals surface area contributed by atoms with Gasteiger partial charge in [-0.2, -0.15) is 0 Å². The summed E-state index contributed by atoms with van der Waals surface area (Å²) < 4.78 is 12.4. The van der Waals surface area contributed by atoms with Crippen LogP contribution in [-0.2, 0) is 4.43 Å². The maximum absolute atomic E-state index is 6.69. The third-order valence-corrected chi connectivity index (χ3v) is 9.43. The lowest BCUT2D eigenvalue weighted by Gasteiger charge is -2.33. The molecule has 0 radical (unpaired) electrons. The molecule has 0 fully saturated rings. The van der Waals surface area contributed by atoms with Gasteiger partial charge in [-0.3, -0.25) is 0 Å². The van der Waals surface area contributed by atoms with Crippen LogP contribution in [0.3, 0.4) is 0 Å². The van der Waals surface area contributed by atoms with E-state index in [1.54, 1.807) is 6.26 Å². The second-order valence-electron chi connectivity index (χ2n) is 6.23. The van der Waals surface area contributed by atoms with Crippen LogP contribution in [0.5, 0.6) is 0 Å². The maximum Gasteiger partial charge on any atom is 0.193 e. The van der Waals surface area contributed by atoms with Gasteiger partial charge in [-0.05, 0) is 48.7 Å². The molecule has 2 nitrogen and oxygen atoms in total. The van der Waals surface area contributed by atoms with Crippen molar-refractivity contribution in [3.63, 3.8) is 0 Å². The fraction of sp³-hybridized carbons (Fsp3) is 0.684. The summed E-state index contributed by atoms with van der Waals surface area (Å²) >= 11 is 0. The zero-order valence-electron chi connectivity index (χ0n) is 15.0. The topological polar surface area (TPSA) is 22.4 Å². The predicted molar refractivity (Wildman–Crippen MR) is 97.6 cm³/mol. The van der Waals surface area contributed by atoms with Crippen LogP contribution in [0, 0.1) is 0 Å². The zero-order chi connectivity index (χ0) is 16.4. The Morgan fingerprint density at radius 1 is 1.14 bits per heavy atom. The molecule has 0 aliphatic heterocycles. The van der Waals surface area contributed by atoms with E-state index in [0.29, 0.717) is 0 Å². The summed E-state index contributed by atoms with van der Waals surface area (Å²) in [5, 5.41) is 0. The van der Waals surface area contributed by atoms with E-state index in [0.717, 1.165) is 30.3 Å². The Morgan fingerprint density at radius 3 is 2.32 bits per heavy atom. The summed E-state index contributed by atoms with van der Waals surface area (Å²) in [7, 11) is -1.67. The first kappa shape index (κ1) is 19.2. The van der Waals surface area contributed by atoms with Crippen LogP contribution in [-0.4, -0.2) is 8.32 Å². The van der Waals surface area contributed by atoms with E-state index in [1.807, 2.05) is 12.1 Å². The molecule has 1 rings (SSSR count). The van der Waals surface area contributed by atoms with Crippen LogP contribution < -0.4 is 0 Å². The van der Waals surface area contributed by atoms with Crippen molar-refractivity contribution in [2.45, 2.75) is 84.0 Å². The minimum absolute atomic E-state index is 0.0526. The third kappa shape index (κ3) is 5.44. The van der Waals surface area contributed by atoms with Gasteiger partial charge in [0, 0.05) is 0 Å². The average Bonchev–Trinajstić information content (AvgIpc) is 3.07. The second-order valence-corrected chi connectivity index (χ2v) is 10.9. The number of furan rings is 1. The highest BCUT2D eigenvalue weighted by Gasteiger charge is 2.34. The highest BCUT2D eigenvalue weighted by molar-refractivity contribution is 6.73. The van der Waals surface area contributed by atoms with Crippen molar-refractivity contribution in [2.24, 2.45) is 0 Å². The van der Waals surface area contributed by atoms with Gasteiger partial charge in [-0.15, -0.1) is 0 Å². The quantitative estimate of drug-likeness (QED) is 0.238. The van der Waals surface area contributed by atoms with Gasteiger partial charge in [0.1, 0.15) is 11.9 Å². The van der Waals surface area contributed by atoms with Crippen LogP contribution in [0.2, 0.25) is 18.1 Å². The number of hydrogen-bond donors (Lipinski definition) is 0. The van der Waals surface area contributed by atoms with E-state index in [-0.39, 0.29) is 6.10 Å². The Balaban J connectivity index is 2.79. The average molecular weight is 323 g/mol. The molecule has 0 amide bonds. The highest BCUT2D eigenvalue weighted by atomic mass is 28.4. The molecule has 1 heterocycles. The first-order valence-corrected chi connectivity index (χ1v) is 11.5. The molecule has 0 aliphatic carbocycles. The molecule has 1 aromatic heterocycles. The fourth-order valence-corrected chi connectivity index (χ4v) is 5.73. The van der Waals surface area contributed by atoms with Crippen molar-refractivity contribution in [2.75, 3.05) is 0 Å². The van der Waals surface area contributed by atoms with Gasteiger partial charge in [0.2, 0.25) is 0 Å². The SMILES string of the molecule is C=C(CCCCCC)C(O[Si](CC)(CC)CC)c1ccco1. The van der Waals surface area contributed by atoms with Gasteiger partial charge in [0.15, 0.2) is 8.32 Å². The Bertz CT molecular complexity index is 399. The van der Waals surface area contributed by atoms with Crippen LogP contribution in [0.1, 0.15) is 71.7 Å². The number of rotatable bonds is 12. The molecule has 1 aromatic rings. The number of unbranched alkanes of at least 4 members (excludes halogenated alkanes) is 3.